The van der Waals surface area contributed by atoms with Gasteiger partial charge in [-0.25, -0.2) is 0 Å². The van der Waals surface area contributed by atoms with Crippen molar-refractivity contribution in [2.45, 2.75) is 52.4 Å². The summed E-state index contributed by atoms with van der Waals surface area (Å²) >= 11 is 0. The summed E-state index contributed by atoms with van der Waals surface area (Å²) in [5.74, 6) is 0.424. The van der Waals surface area contributed by atoms with Crippen molar-refractivity contribution >= 4 is 11.7 Å². The van der Waals surface area contributed by atoms with Crippen LogP contribution in [0.15, 0.2) is 11.6 Å². The van der Waals surface area contributed by atoms with Crippen LogP contribution in [0.1, 0.15) is 52.4 Å². The van der Waals surface area contributed by atoms with Crippen molar-refractivity contribution in [3.05, 3.63) is 11.6 Å². The normalized spacial score (nSPS) is 27.0. The Hall–Kier alpha value is -1.63. The van der Waals surface area contributed by atoms with Crippen LogP contribution in [0.5, 0.6) is 0 Å². The molecule has 1 spiro atoms. The quantitative estimate of drug-likeness (QED) is 0.748. The number of hydrogen-bond donors (Lipinski definition) is 0. The summed E-state index contributed by atoms with van der Waals surface area (Å²) in [7, 11) is 0. The van der Waals surface area contributed by atoms with Crippen LogP contribution in [-0.4, -0.2) is 29.7 Å². The second kappa shape index (κ2) is 5.22. The fourth-order valence-electron chi connectivity index (χ4n) is 4.51. The van der Waals surface area contributed by atoms with Crippen molar-refractivity contribution < 1.29 is 9.59 Å². The number of Topliss-reactive ketones (excluding diaryl/α,β-unsaturated/α-hetero) is 1. The number of allylic oxidation sites excluding steroid dienone is 1. The first-order valence-corrected chi connectivity index (χ1v) is 8.33. The zero-order valence-electron chi connectivity index (χ0n) is 13.5. The van der Waals surface area contributed by atoms with Gasteiger partial charge in [-0.2, -0.15) is 5.26 Å². The van der Waals surface area contributed by atoms with Crippen LogP contribution in [0.25, 0.3) is 0 Å². The number of amides is 1. The van der Waals surface area contributed by atoms with E-state index < -0.39 is 5.41 Å². The average Bonchev–Trinajstić information content (AvgIpc) is 2.47. The van der Waals surface area contributed by atoms with Gasteiger partial charge in [0.15, 0.2) is 5.78 Å². The Labute approximate surface area is 132 Å². The van der Waals surface area contributed by atoms with E-state index in [9.17, 15) is 14.9 Å². The molecule has 0 unspecified atom stereocenters. The molecule has 3 rings (SSSR count). The number of rotatable bonds is 1. The largest absolute Gasteiger partial charge is 0.341 e. The first-order chi connectivity index (χ1) is 10.4. The van der Waals surface area contributed by atoms with Crippen LogP contribution in [0.3, 0.4) is 0 Å². The maximum Gasteiger partial charge on any atom is 0.225 e. The monoisotopic (exact) mass is 300 g/mol. The molecule has 1 aliphatic heterocycles. The van der Waals surface area contributed by atoms with Crippen molar-refractivity contribution in [3.8, 4) is 6.07 Å². The van der Waals surface area contributed by atoms with E-state index in [0.29, 0.717) is 13.1 Å². The van der Waals surface area contributed by atoms with Crippen LogP contribution in [0.4, 0.5) is 0 Å². The lowest BCUT2D eigenvalue weighted by molar-refractivity contribution is -0.149. The molecule has 0 aromatic carbocycles. The minimum Gasteiger partial charge on any atom is -0.341 e. The van der Waals surface area contributed by atoms with Gasteiger partial charge in [0.2, 0.25) is 5.91 Å². The Morgan fingerprint density at radius 2 is 1.91 bits per heavy atom. The second-order valence-corrected chi connectivity index (χ2v) is 7.95. The third-order valence-corrected chi connectivity index (χ3v) is 5.50. The van der Waals surface area contributed by atoms with Crippen LogP contribution >= 0.6 is 0 Å². The van der Waals surface area contributed by atoms with E-state index in [4.69, 9.17) is 0 Å². The van der Waals surface area contributed by atoms with Gasteiger partial charge in [0.05, 0.1) is 5.57 Å². The lowest BCUT2D eigenvalue weighted by Crippen LogP contribution is -2.62. The fourth-order valence-corrected chi connectivity index (χ4v) is 4.51. The van der Waals surface area contributed by atoms with E-state index in [1.165, 1.54) is 6.42 Å². The van der Waals surface area contributed by atoms with Gasteiger partial charge < -0.3 is 4.90 Å². The van der Waals surface area contributed by atoms with E-state index in [1.807, 2.05) is 30.9 Å². The first kappa shape index (κ1) is 15.3. The van der Waals surface area contributed by atoms with Crippen LogP contribution in [0, 0.1) is 28.1 Å². The molecule has 0 atom stereocenters. The molecule has 0 bridgehead atoms. The summed E-state index contributed by atoms with van der Waals surface area (Å²) in [5, 5.41) is 9.20. The van der Waals surface area contributed by atoms with E-state index >= 15 is 0 Å². The Morgan fingerprint density at radius 3 is 2.50 bits per heavy atom. The van der Waals surface area contributed by atoms with Gasteiger partial charge in [-0.15, -0.1) is 0 Å². The summed E-state index contributed by atoms with van der Waals surface area (Å²) in [4.78, 5) is 26.7. The van der Waals surface area contributed by atoms with Crippen molar-refractivity contribution in [2.75, 3.05) is 13.1 Å². The summed E-state index contributed by atoms with van der Waals surface area (Å²) in [6.45, 7) is 5.16. The zero-order valence-corrected chi connectivity index (χ0v) is 13.5. The highest BCUT2D eigenvalue weighted by molar-refractivity contribution is 6.03. The van der Waals surface area contributed by atoms with Crippen molar-refractivity contribution in [1.29, 1.82) is 5.26 Å². The molecule has 0 aromatic rings. The number of carbonyl (C=O) groups excluding carboxylic acids is 2. The predicted octanol–water partition coefficient (Wildman–Crippen LogP) is 2.84. The molecule has 0 N–H and O–H groups in total. The van der Waals surface area contributed by atoms with Gasteiger partial charge in [0, 0.05) is 29.8 Å². The molecule has 2 fully saturated rings. The van der Waals surface area contributed by atoms with Gasteiger partial charge in [-0.05, 0) is 19.3 Å². The summed E-state index contributed by atoms with van der Waals surface area (Å²) < 4.78 is 0. The molecular weight excluding hydrogens is 276 g/mol. The fraction of sp³-hybridized carbons (Fsp3) is 0.722. The first-order valence-electron chi connectivity index (χ1n) is 8.33. The third-order valence-electron chi connectivity index (χ3n) is 5.50. The Kier molecular flexibility index (Phi) is 3.63. The number of carbonyl (C=O) groups is 2. The van der Waals surface area contributed by atoms with Gasteiger partial charge in [0.25, 0.3) is 0 Å². The molecule has 1 amide bonds. The molecule has 22 heavy (non-hydrogen) atoms. The Bertz CT molecular complexity index is 570. The molecule has 1 saturated carbocycles. The molecule has 4 heteroatoms. The van der Waals surface area contributed by atoms with E-state index in [2.05, 4.69) is 0 Å². The minimum atomic E-state index is -0.500. The van der Waals surface area contributed by atoms with Gasteiger partial charge in [0.1, 0.15) is 6.07 Å². The highest BCUT2D eigenvalue weighted by Gasteiger charge is 2.52. The predicted molar refractivity (Wildman–Crippen MR) is 82.7 cm³/mol. The van der Waals surface area contributed by atoms with Crippen molar-refractivity contribution in [2.24, 2.45) is 16.7 Å². The lowest BCUT2D eigenvalue weighted by atomic mass is 9.61. The molecule has 0 aromatic heterocycles. The molecule has 1 saturated heterocycles. The molecule has 3 aliphatic rings. The minimum absolute atomic E-state index is 0.0577. The zero-order chi connectivity index (χ0) is 16.0. The number of likely N-dealkylation sites (tertiary alicyclic amines) is 1. The number of ketones is 1. The van der Waals surface area contributed by atoms with E-state index in [-0.39, 0.29) is 28.6 Å². The highest BCUT2D eigenvalue weighted by atomic mass is 16.2. The maximum absolute atomic E-state index is 12.6. The standard InChI is InChI=1S/C18H24N2O2/c1-17(2)10-18(8-14(9-19)15(17)21)11-20(12-18)16(22)13-6-4-3-5-7-13/h8,13H,3-7,10-12H2,1-2H3. The van der Waals surface area contributed by atoms with E-state index in [0.717, 1.165) is 32.1 Å². The van der Waals surface area contributed by atoms with Crippen LogP contribution in [0.2, 0.25) is 0 Å². The molecule has 118 valence electrons. The van der Waals surface area contributed by atoms with Gasteiger partial charge >= 0.3 is 0 Å². The van der Waals surface area contributed by atoms with Crippen LogP contribution in [-0.2, 0) is 9.59 Å². The molecular formula is C18H24N2O2. The number of nitriles is 1. The smallest absolute Gasteiger partial charge is 0.225 e. The van der Waals surface area contributed by atoms with Crippen molar-refractivity contribution in [3.63, 3.8) is 0 Å². The van der Waals surface area contributed by atoms with Gasteiger partial charge in [-0.3, -0.25) is 9.59 Å². The maximum atomic E-state index is 12.6. The third kappa shape index (κ3) is 2.47. The summed E-state index contributed by atoms with van der Waals surface area (Å²) in [6.07, 6.45) is 8.18. The molecule has 4 nitrogen and oxygen atoms in total. The summed E-state index contributed by atoms with van der Waals surface area (Å²) in [5.41, 5.74) is -0.381. The molecule has 2 aliphatic carbocycles. The average molecular weight is 300 g/mol. The Morgan fingerprint density at radius 1 is 1.27 bits per heavy atom. The van der Waals surface area contributed by atoms with Crippen molar-refractivity contribution in [1.82, 2.24) is 4.90 Å². The Balaban J connectivity index is 1.71. The van der Waals surface area contributed by atoms with Gasteiger partial charge in [-0.1, -0.05) is 39.2 Å². The summed E-state index contributed by atoms with van der Waals surface area (Å²) in [6, 6.07) is 2.05. The topological polar surface area (TPSA) is 61.2 Å². The number of nitrogens with zero attached hydrogens (tertiary/aromatic N) is 2. The van der Waals surface area contributed by atoms with Crippen LogP contribution < -0.4 is 0 Å². The molecule has 1 heterocycles. The second-order valence-electron chi connectivity index (χ2n) is 7.95. The van der Waals surface area contributed by atoms with E-state index in [1.54, 1.807) is 0 Å². The number of hydrogen-bond acceptors (Lipinski definition) is 3. The lowest BCUT2D eigenvalue weighted by Gasteiger charge is -2.54. The SMILES string of the molecule is CC1(C)CC2(C=C(C#N)C1=O)CN(C(=O)C1CCCCC1)C2. The highest BCUT2D eigenvalue weighted by Crippen LogP contribution is 2.48. The molecule has 0 radical (unpaired) electrons.